The minimum absolute atomic E-state index is 0.380. The van der Waals surface area contributed by atoms with Crippen LogP contribution in [0.4, 0.5) is 5.82 Å². The van der Waals surface area contributed by atoms with Gasteiger partial charge >= 0.3 is 0 Å². The highest BCUT2D eigenvalue weighted by Crippen LogP contribution is 2.21. The number of aromatic amines is 1. The first-order chi connectivity index (χ1) is 13.2. The van der Waals surface area contributed by atoms with Crippen LogP contribution in [0.3, 0.4) is 0 Å². The Labute approximate surface area is 159 Å². The van der Waals surface area contributed by atoms with Gasteiger partial charge in [0.2, 0.25) is 5.91 Å². The molecule has 0 aliphatic carbocycles. The van der Waals surface area contributed by atoms with E-state index >= 15 is 0 Å². The zero-order valence-corrected chi connectivity index (χ0v) is 15.4. The van der Waals surface area contributed by atoms with E-state index in [0.717, 1.165) is 62.3 Å². The molecule has 2 aromatic heterocycles. The minimum Gasteiger partial charge on any atom is -0.366 e. The number of rotatable bonds is 6. The van der Waals surface area contributed by atoms with Gasteiger partial charge in [0.25, 0.3) is 0 Å². The number of aryl methyl sites for hydroxylation is 1. The summed E-state index contributed by atoms with van der Waals surface area (Å²) in [5, 5.41) is 1.10. The number of pyridine rings is 1. The number of nitrogens with zero attached hydrogens (tertiary/aromatic N) is 3. The summed E-state index contributed by atoms with van der Waals surface area (Å²) in [6.45, 7) is 5.25. The maximum atomic E-state index is 11.4. The second-order valence-electron chi connectivity index (χ2n) is 7.06. The van der Waals surface area contributed by atoms with Crippen LogP contribution in [0.25, 0.3) is 10.9 Å². The van der Waals surface area contributed by atoms with Gasteiger partial charge in [0, 0.05) is 55.0 Å². The van der Waals surface area contributed by atoms with Crippen LogP contribution in [-0.2, 0) is 6.42 Å². The Balaban J connectivity index is 1.30. The number of benzene rings is 1. The number of fused-ring (bicyclic) bond motifs is 1. The molecule has 3 aromatic rings. The summed E-state index contributed by atoms with van der Waals surface area (Å²) in [5.74, 6) is 0.691. The number of anilines is 1. The SMILES string of the molecule is NC(=O)c1ccc2[nH]cc(CCCN3CCN(c4ccccn4)CC3)c2c1. The molecule has 0 spiro atoms. The molecule has 1 saturated heterocycles. The lowest BCUT2D eigenvalue weighted by molar-refractivity contribution is 0.100. The summed E-state index contributed by atoms with van der Waals surface area (Å²) >= 11 is 0. The predicted octanol–water partition coefficient (Wildman–Crippen LogP) is 2.42. The van der Waals surface area contributed by atoms with Gasteiger partial charge in [-0.2, -0.15) is 0 Å². The Morgan fingerprint density at radius 2 is 2.00 bits per heavy atom. The highest BCUT2D eigenvalue weighted by Gasteiger charge is 2.17. The number of carbonyl (C=O) groups is 1. The van der Waals surface area contributed by atoms with Gasteiger partial charge in [0.15, 0.2) is 0 Å². The van der Waals surface area contributed by atoms with E-state index in [9.17, 15) is 4.79 Å². The van der Waals surface area contributed by atoms with E-state index in [-0.39, 0.29) is 5.91 Å². The molecule has 27 heavy (non-hydrogen) atoms. The summed E-state index contributed by atoms with van der Waals surface area (Å²) in [7, 11) is 0. The van der Waals surface area contributed by atoms with Crippen molar-refractivity contribution in [1.29, 1.82) is 0 Å². The summed E-state index contributed by atoms with van der Waals surface area (Å²) in [6.07, 6.45) is 5.99. The molecular formula is C21H25N5O. The van der Waals surface area contributed by atoms with Crippen LogP contribution in [0, 0.1) is 0 Å². The van der Waals surface area contributed by atoms with Crippen molar-refractivity contribution in [1.82, 2.24) is 14.9 Å². The lowest BCUT2D eigenvalue weighted by atomic mass is 10.1. The number of hydrogen-bond acceptors (Lipinski definition) is 4. The quantitative estimate of drug-likeness (QED) is 0.705. The van der Waals surface area contributed by atoms with Gasteiger partial charge in [0.1, 0.15) is 5.82 Å². The van der Waals surface area contributed by atoms with Gasteiger partial charge in [-0.1, -0.05) is 6.07 Å². The third kappa shape index (κ3) is 3.95. The second-order valence-corrected chi connectivity index (χ2v) is 7.06. The molecule has 0 unspecified atom stereocenters. The molecule has 0 saturated carbocycles. The Hall–Kier alpha value is -2.86. The van der Waals surface area contributed by atoms with E-state index in [1.807, 2.05) is 30.5 Å². The summed E-state index contributed by atoms with van der Waals surface area (Å²) in [5.41, 5.74) is 8.28. The molecule has 1 amide bonds. The van der Waals surface area contributed by atoms with Crippen LogP contribution < -0.4 is 10.6 Å². The standard InChI is InChI=1S/C21H25N5O/c22-21(27)16-6-7-19-18(14-16)17(15-24-19)4-3-9-25-10-12-26(13-11-25)20-5-1-2-8-23-20/h1-2,5-8,14-15,24H,3-4,9-13H2,(H2,22,27). The fourth-order valence-electron chi connectivity index (χ4n) is 3.77. The fourth-order valence-corrected chi connectivity index (χ4v) is 3.77. The van der Waals surface area contributed by atoms with Crippen LogP contribution >= 0.6 is 0 Å². The van der Waals surface area contributed by atoms with E-state index in [0.29, 0.717) is 5.56 Å². The normalized spacial score (nSPS) is 15.3. The van der Waals surface area contributed by atoms with Gasteiger partial charge in [-0.05, 0) is 55.3 Å². The number of piperazine rings is 1. The molecule has 1 fully saturated rings. The largest absolute Gasteiger partial charge is 0.366 e. The van der Waals surface area contributed by atoms with Crippen LogP contribution in [0.1, 0.15) is 22.3 Å². The molecule has 1 aromatic carbocycles. The summed E-state index contributed by atoms with van der Waals surface area (Å²) < 4.78 is 0. The molecule has 1 aliphatic rings. The van der Waals surface area contributed by atoms with E-state index in [1.165, 1.54) is 5.56 Å². The maximum absolute atomic E-state index is 11.4. The monoisotopic (exact) mass is 363 g/mol. The zero-order chi connectivity index (χ0) is 18.6. The molecule has 0 radical (unpaired) electrons. The summed E-state index contributed by atoms with van der Waals surface area (Å²) in [4.78, 5) is 24.0. The first-order valence-corrected chi connectivity index (χ1v) is 9.49. The Kier molecular flexibility index (Phi) is 5.07. The van der Waals surface area contributed by atoms with Crippen molar-refractivity contribution in [2.75, 3.05) is 37.6 Å². The fraction of sp³-hybridized carbons (Fsp3) is 0.333. The molecule has 1 aliphatic heterocycles. The van der Waals surface area contributed by atoms with Gasteiger partial charge in [-0.15, -0.1) is 0 Å². The van der Waals surface area contributed by atoms with Crippen LogP contribution in [0.2, 0.25) is 0 Å². The number of carbonyl (C=O) groups excluding carboxylic acids is 1. The average molecular weight is 363 g/mol. The predicted molar refractivity (Wildman–Crippen MR) is 108 cm³/mol. The Bertz CT molecular complexity index is 913. The first kappa shape index (κ1) is 17.5. The van der Waals surface area contributed by atoms with Crippen molar-refractivity contribution in [3.05, 3.63) is 59.9 Å². The maximum Gasteiger partial charge on any atom is 0.248 e. The van der Waals surface area contributed by atoms with E-state index < -0.39 is 0 Å². The molecule has 0 bridgehead atoms. The lowest BCUT2D eigenvalue weighted by Crippen LogP contribution is -2.46. The van der Waals surface area contributed by atoms with Crippen molar-refractivity contribution >= 4 is 22.6 Å². The summed E-state index contributed by atoms with van der Waals surface area (Å²) in [6, 6.07) is 11.7. The molecule has 140 valence electrons. The third-order valence-electron chi connectivity index (χ3n) is 5.32. The molecule has 6 heteroatoms. The van der Waals surface area contributed by atoms with Gasteiger partial charge in [0.05, 0.1) is 0 Å². The number of primary amides is 1. The minimum atomic E-state index is -0.380. The van der Waals surface area contributed by atoms with Crippen molar-refractivity contribution in [3.8, 4) is 0 Å². The number of nitrogens with two attached hydrogens (primary N) is 1. The topological polar surface area (TPSA) is 78.2 Å². The van der Waals surface area contributed by atoms with Crippen molar-refractivity contribution in [2.45, 2.75) is 12.8 Å². The molecule has 0 atom stereocenters. The Morgan fingerprint density at radius 1 is 1.15 bits per heavy atom. The molecule has 3 N–H and O–H groups in total. The van der Waals surface area contributed by atoms with Crippen molar-refractivity contribution < 1.29 is 4.79 Å². The average Bonchev–Trinajstić information content (AvgIpc) is 3.11. The molecule has 6 nitrogen and oxygen atoms in total. The van der Waals surface area contributed by atoms with Crippen LogP contribution in [0.5, 0.6) is 0 Å². The van der Waals surface area contributed by atoms with Gasteiger partial charge in [-0.25, -0.2) is 4.98 Å². The third-order valence-corrected chi connectivity index (χ3v) is 5.32. The zero-order valence-electron chi connectivity index (χ0n) is 15.4. The number of hydrogen-bond donors (Lipinski definition) is 2. The number of nitrogens with one attached hydrogen (secondary N) is 1. The highest BCUT2D eigenvalue weighted by atomic mass is 16.1. The van der Waals surface area contributed by atoms with E-state index in [2.05, 4.69) is 32.0 Å². The highest BCUT2D eigenvalue weighted by molar-refractivity contribution is 5.97. The number of amides is 1. The second kappa shape index (κ2) is 7.80. The first-order valence-electron chi connectivity index (χ1n) is 9.49. The number of H-pyrrole nitrogens is 1. The van der Waals surface area contributed by atoms with E-state index in [1.54, 1.807) is 6.07 Å². The van der Waals surface area contributed by atoms with Crippen molar-refractivity contribution in [2.24, 2.45) is 5.73 Å². The molecular weight excluding hydrogens is 338 g/mol. The Morgan fingerprint density at radius 3 is 2.74 bits per heavy atom. The smallest absolute Gasteiger partial charge is 0.248 e. The van der Waals surface area contributed by atoms with Crippen LogP contribution in [0.15, 0.2) is 48.8 Å². The van der Waals surface area contributed by atoms with Crippen molar-refractivity contribution in [3.63, 3.8) is 0 Å². The molecule has 3 heterocycles. The lowest BCUT2D eigenvalue weighted by Gasteiger charge is -2.35. The number of aromatic nitrogens is 2. The van der Waals surface area contributed by atoms with Crippen LogP contribution in [-0.4, -0.2) is 53.5 Å². The van der Waals surface area contributed by atoms with Gasteiger partial charge < -0.3 is 15.6 Å². The van der Waals surface area contributed by atoms with Gasteiger partial charge in [-0.3, -0.25) is 9.69 Å². The molecule has 4 rings (SSSR count). The van der Waals surface area contributed by atoms with E-state index in [4.69, 9.17) is 5.73 Å².